The second-order valence-electron chi connectivity index (χ2n) is 6.42. The third kappa shape index (κ3) is 4.71. The zero-order valence-electron chi connectivity index (χ0n) is 14.6. The lowest BCUT2D eigenvalue weighted by molar-refractivity contribution is -0.150. The quantitative estimate of drug-likeness (QED) is 0.698. The Balaban J connectivity index is 1.55. The number of carbonyl (C=O) groups is 1. The van der Waals surface area contributed by atoms with Gasteiger partial charge in [-0.25, -0.2) is 8.42 Å². The first kappa shape index (κ1) is 18.6. The predicted molar refractivity (Wildman–Crippen MR) is 99.3 cm³/mol. The third-order valence-electron chi connectivity index (χ3n) is 4.61. The molecule has 0 bridgehead atoms. The van der Waals surface area contributed by atoms with E-state index in [1.165, 1.54) is 0 Å². The summed E-state index contributed by atoms with van der Waals surface area (Å²) in [4.78, 5) is 14.7. The second-order valence-corrected chi connectivity index (χ2v) is 8.53. The van der Waals surface area contributed by atoms with E-state index in [4.69, 9.17) is 4.74 Å². The van der Waals surface area contributed by atoms with Gasteiger partial charge >= 0.3 is 5.97 Å². The van der Waals surface area contributed by atoms with Gasteiger partial charge in [0.05, 0.1) is 10.6 Å². The van der Waals surface area contributed by atoms with E-state index in [2.05, 4.69) is 0 Å². The highest BCUT2D eigenvalue weighted by Gasteiger charge is 2.32. The van der Waals surface area contributed by atoms with Crippen molar-refractivity contribution in [2.45, 2.75) is 30.4 Å². The fraction of sp³-hybridized carbons (Fsp3) is 0.350. The summed E-state index contributed by atoms with van der Waals surface area (Å²) < 4.78 is 30.3. The van der Waals surface area contributed by atoms with Crippen molar-refractivity contribution in [1.82, 2.24) is 4.90 Å². The first-order chi connectivity index (χ1) is 12.6. The van der Waals surface area contributed by atoms with E-state index in [-0.39, 0.29) is 24.4 Å². The summed E-state index contributed by atoms with van der Waals surface area (Å²) in [6, 6.07) is 17.6. The van der Waals surface area contributed by atoms with Gasteiger partial charge in [0.15, 0.2) is 9.84 Å². The molecule has 6 heteroatoms. The van der Waals surface area contributed by atoms with Crippen LogP contribution in [0, 0.1) is 0 Å². The van der Waals surface area contributed by atoms with Gasteiger partial charge in [-0.1, -0.05) is 48.5 Å². The van der Waals surface area contributed by atoms with Gasteiger partial charge < -0.3 is 4.74 Å². The minimum absolute atomic E-state index is 0.000517. The molecule has 0 radical (unpaired) electrons. The van der Waals surface area contributed by atoms with Crippen LogP contribution < -0.4 is 0 Å². The molecule has 1 fully saturated rings. The normalized spacial score (nSPS) is 17.9. The second kappa shape index (κ2) is 8.47. The average molecular weight is 373 g/mol. The number of esters is 1. The van der Waals surface area contributed by atoms with Gasteiger partial charge in [-0.2, -0.15) is 0 Å². The number of nitrogens with zero attached hydrogens (tertiary/aromatic N) is 1. The molecule has 138 valence electrons. The Hall–Kier alpha value is -2.18. The van der Waals surface area contributed by atoms with Gasteiger partial charge in [-0.05, 0) is 37.1 Å². The zero-order valence-corrected chi connectivity index (χ0v) is 15.4. The fourth-order valence-corrected chi connectivity index (χ4v) is 4.45. The monoisotopic (exact) mass is 373 g/mol. The highest BCUT2D eigenvalue weighted by atomic mass is 32.2. The molecule has 0 saturated carbocycles. The molecule has 0 aliphatic carbocycles. The maximum Gasteiger partial charge on any atom is 0.323 e. The molecule has 5 nitrogen and oxygen atoms in total. The molecule has 3 rings (SSSR count). The van der Waals surface area contributed by atoms with Crippen LogP contribution >= 0.6 is 0 Å². The Bertz CT molecular complexity index is 821. The van der Waals surface area contributed by atoms with Crippen molar-refractivity contribution < 1.29 is 17.9 Å². The minimum Gasteiger partial charge on any atom is -0.460 e. The van der Waals surface area contributed by atoms with Crippen LogP contribution in [-0.4, -0.2) is 44.2 Å². The maximum absolute atomic E-state index is 12.4. The number of benzene rings is 2. The summed E-state index contributed by atoms with van der Waals surface area (Å²) in [7, 11) is -3.35. The van der Waals surface area contributed by atoms with Crippen molar-refractivity contribution in [3.05, 3.63) is 66.2 Å². The van der Waals surface area contributed by atoms with Crippen molar-refractivity contribution in [2.75, 3.05) is 18.8 Å². The summed E-state index contributed by atoms with van der Waals surface area (Å²) in [5.74, 6) is -0.275. The topological polar surface area (TPSA) is 63.7 Å². The van der Waals surface area contributed by atoms with E-state index in [1.807, 2.05) is 35.2 Å². The SMILES string of the molecule is O=C(OCc1ccccc1)[C@@H]1CCCN1CCS(=O)(=O)c1ccccc1. The van der Waals surface area contributed by atoms with Crippen LogP contribution in [0.15, 0.2) is 65.6 Å². The first-order valence-corrected chi connectivity index (χ1v) is 10.4. The van der Waals surface area contributed by atoms with Gasteiger partial charge in [0.1, 0.15) is 12.6 Å². The van der Waals surface area contributed by atoms with E-state index in [0.717, 1.165) is 18.5 Å². The molecule has 0 amide bonds. The maximum atomic E-state index is 12.4. The number of likely N-dealkylation sites (tertiary alicyclic amines) is 1. The standard InChI is InChI=1S/C20H23NO4S/c22-20(25-16-17-8-3-1-4-9-17)19-12-7-13-21(19)14-15-26(23,24)18-10-5-2-6-11-18/h1-6,8-11,19H,7,12-16H2/t19-/m0/s1. The van der Waals surface area contributed by atoms with Crippen LogP contribution in [0.5, 0.6) is 0 Å². The first-order valence-electron chi connectivity index (χ1n) is 8.79. The molecular weight excluding hydrogens is 350 g/mol. The Kier molecular flexibility index (Phi) is 6.06. The molecule has 0 aromatic heterocycles. The van der Waals surface area contributed by atoms with Crippen LogP contribution in [0.25, 0.3) is 0 Å². The number of ether oxygens (including phenoxy) is 1. The Labute approximate surface area is 154 Å². The zero-order chi connectivity index (χ0) is 18.4. The fourth-order valence-electron chi connectivity index (χ4n) is 3.17. The minimum atomic E-state index is -3.35. The van der Waals surface area contributed by atoms with Crippen molar-refractivity contribution in [1.29, 1.82) is 0 Å². The van der Waals surface area contributed by atoms with Crippen LogP contribution in [0.3, 0.4) is 0 Å². The molecule has 1 atom stereocenters. The molecule has 2 aromatic rings. The van der Waals surface area contributed by atoms with E-state index in [0.29, 0.717) is 17.9 Å². The molecule has 1 saturated heterocycles. The summed E-state index contributed by atoms with van der Waals surface area (Å²) in [6.07, 6.45) is 1.58. The lowest BCUT2D eigenvalue weighted by atomic mass is 10.2. The number of rotatable bonds is 7. The smallest absolute Gasteiger partial charge is 0.323 e. The van der Waals surface area contributed by atoms with Gasteiger partial charge in [0.25, 0.3) is 0 Å². The molecule has 26 heavy (non-hydrogen) atoms. The molecule has 0 N–H and O–H groups in total. The van der Waals surface area contributed by atoms with Gasteiger partial charge in [0, 0.05) is 6.54 Å². The van der Waals surface area contributed by atoms with Gasteiger partial charge in [0.2, 0.25) is 0 Å². The Morgan fingerprint density at radius 2 is 1.69 bits per heavy atom. The molecule has 1 heterocycles. The van der Waals surface area contributed by atoms with Gasteiger partial charge in [-0.15, -0.1) is 0 Å². The van der Waals surface area contributed by atoms with E-state index < -0.39 is 9.84 Å². The number of hydrogen-bond donors (Lipinski definition) is 0. The molecular formula is C20H23NO4S. The summed E-state index contributed by atoms with van der Waals surface area (Å²) >= 11 is 0. The average Bonchev–Trinajstić information content (AvgIpc) is 3.15. The molecule has 1 aliphatic rings. The van der Waals surface area contributed by atoms with Crippen molar-refractivity contribution in [3.63, 3.8) is 0 Å². The lowest BCUT2D eigenvalue weighted by Gasteiger charge is -2.22. The number of sulfone groups is 1. The van der Waals surface area contributed by atoms with Crippen molar-refractivity contribution >= 4 is 15.8 Å². The molecule has 2 aromatic carbocycles. The van der Waals surface area contributed by atoms with E-state index in [1.54, 1.807) is 30.3 Å². The van der Waals surface area contributed by atoms with E-state index in [9.17, 15) is 13.2 Å². The third-order valence-corrected chi connectivity index (χ3v) is 6.32. The largest absolute Gasteiger partial charge is 0.460 e. The predicted octanol–water partition coefficient (Wildman–Crippen LogP) is 2.67. The summed E-state index contributed by atoms with van der Waals surface area (Å²) in [6.45, 7) is 1.30. The van der Waals surface area contributed by atoms with Gasteiger partial charge in [-0.3, -0.25) is 9.69 Å². The molecule has 1 aliphatic heterocycles. The van der Waals surface area contributed by atoms with Crippen LogP contribution in [0.4, 0.5) is 0 Å². The number of hydrogen-bond acceptors (Lipinski definition) is 5. The van der Waals surface area contributed by atoms with E-state index >= 15 is 0 Å². The van der Waals surface area contributed by atoms with Crippen LogP contribution in [-0.2, 0) is 26.0 Å². The summed E-state index contributed by atoms with van der Waals surface area (Å²) in [5, 5.41) is 0. The molecule has 0 spiro atoms. The lowest BCUT2D eigenvalue weighted by Crippen LogP contribution is -2.39. The van der Waals surface area contributed by atoms with Crippen LogP contribution in [0.1, 0.15) is 18.4 Å². The highest BCUT2D eigenvalue weighted by Crippen LogP contribution is 2.20. The number of carbonyl (C=O) groups excluding carboxylic acids is 1. The Morgan fingerprint density at radius 3 is 2.38 bits per heavy atom. The van der Waals surface area contributed by atoms with Crippen LogP contribution in [0.2, 0.25) is 0 Å². The Morgan fingerprint density at radius 1 is 1.04 bits per heavy atom. The van der Waals surface area contributed by atoms with Crippen molar-refractivity contribution in [3.8, 4) is 0 Å². The highest BCUT2D eigenvalue weighted by molar-refractivity contribution is 7.91. The summed E-state index contributed by atoms with van der Waals surface area (Å²) in [5.41, 5.74) is 0.942. The molecule has 0 unspecified atom stereocenters. The van der Waals surface area contributed by atoms with Crippen molar-refractivity contribution in [2.24, 2.45) is 0 Å².